The molecule has 0 spiro atoms. The van der Waals surface area contributed by atoms with Crippen molar-refractivity contribution in [3.63, 3.8) is 0 Å². The average Bonchev–Trinajstić information content (AvgIpc) is 2.46. The normalized spacial score (nSPS) is 11.4. The molecule has 1 N–H and O–H groups in total. The Kier molecular flexibility index (Phi) is 3.18. The number of hydrogen-bond donors (Lipinski definition) is 1. The van der Waals surface area contributed by atoms with Gasteiger partial charge in [0.15, 0.2) is 0 Å². The Bertz CT molecular complexity index is 327. The molecule has 1 aromatic rings. The number of carbonyl (C=O) groups is 1. The van der Waals surface area contributed by atoms with Crippen LogP contribution in [0.3, 0.4) is 0 Å². The molecule has 5 heteroatoms. The number of carbonyl (C=O) groups excluding carboxylic acids is 1. The lowest BCUT2D eigenvalue weighted by atomic mass is 10.2. The maximum atomic E-state index is 11.4. The zero-order chi connectivity index (χ0) is 10.8. The quantitative estimate of drug-likeness (QED) is 0.774. The van der Waals surface area contributed by atoms with Crippen molar-refractivity contribution in [2.75, 3.05) is 0 Å². The molecule has 1 rings (SSSR count). The lowest BCUT2D eigenvalue weighted by Crippen LogP contribution is -2.33. The van der Waals surface area contributed by atoms with Gasteiger partial charge in [0.1, 0.15) is 0 Å². The van der Waals surface area contributed by atoms with E-state index in [1.54, 1.807) is 0 Å². The number of nitrogens with one attached hydrogen (secondary N) is 1. The highest BCUT2D eigenvalue weighted by molar-refractivity contribution is 6.32. The zero-order valence-corrected chi connectivity index (χ0v) is 9.01. The first kappa shape index (κ1) is 11.1. The number of hydroxylamine groups is 1. The molecule has 0 fully saturated rings. The van der Waals surface area contributed by atoms with E-state index in [0.29, 0.717) is 0 Å². The molecular formula is C9H12ClNO3. The van der Waals surface area contributed by atoms with Crippen LogP contribution in [0.4, 0.5) is 0 Å². The minimum Gasteiger partial charge on any atom is -0.452 e. The Morgan fingerprint density at radius 1 is 1.57 bits per heavy atom. The largest absolute Gasteiger partial charge is 0.452 e. The fraction of sp³-hybridized carbons (Fsp3) is 0.444. The van der Waals surface area contributed by atoms with E-state index in [-0.39, 0.29) is 10.8 Å². The summed E-state index contributed by atoms with van der Waals surface area (Å²) in [6, 6.07) is 1.48. The highest BCUT2D eigenvalue weighted by Gasteiger charge is 2.17. The SMILES string of the molecule is CC(C)(C)ONC(=O)c1ccoc1Cl. The van der Waals surface area contributed by atoms with Gasteiger partial charge in [-0.05, 0) is 38.4 Å². The van der Waals surface area contributed by atoms with Crippen LogP contribution >= 0.6 is 11.6 Å². The maximum absolute atomic E-state index is 11.4. The van der Waals surface area contributed by atoms with Crippen LogP contribution in [0.2, 0.25) is 5.22 Å². The minimum atomic E-state index is -0.439. The van der Waals surface area contributed by atoms with Gasteiger partial charge < -0.3 is 4.42 Å². The summed E-state index contributed by atoms with van der Waals surface area (Å²) in [6.07, 6.45) is 1.34. The average molecular weight is 218 g/mol. The Morgan fingerprint density at radius 3 is 2.64 bits per heavy atom. The van der Waals surface area contributed by atoms with E-state index in [2.05, 4.69) is 5.48 Å². The molecule has 0 unspecified atom stereocenters. The van der Waals surface area contributed by atoms with Gasteiger partial charge in [-0.15, -0.1) is 0 Å². The fourth-order valence-electron chi connectivity index (χ4n) is 0.710. The van der Waals surface area contributed by atoms with Gasteiger partial charge >= 0.3 is 0 Å². The van der Waals surface area contributed by atoms with Crippen LogP contribution in [0.15, 0.2) is 16.7 Å². The standard InChI is InChI=1S/C9H12ClNO3/c1-9(2,3)14-11-8(12)6-4-5-13-7(6)10/h4-5H,1-3H3,(H,11,12). The number of rotatable bonds is 2. The van der Waals surface area contributed by atoms with E-state index in [1.165, 1.54) is 12.3 Å². The van der Waals surface area contributed by atoms with E-state index in [9.17, 15) is 4.79 Å². The third kappa shape index (κ3) is 3.05. The lowest BCUT2D eigenvalue weighted by molar-refractivity contribution is -0.0589. The summed E-state index contributed by atoms with van der Waals surface area (Å²) in [4.78, 5) is 16.5. The van der Waals surface area contributed by atoms with Crippen LogP contribution in [-0.2, 0) is 4.84 Å². The van der Waals surface area contributed by atoms with Crippen LogP contribution in [0.1, 0.15) is 31.1 Å². The molecule has 0 aromatic carbocycles. The van der Waals surface area contributed by atoms with Crippen LogP contribution in [0.25, 0.3) is 0 Å². The van der Waals surface area contributed by atoms with E-state index in [4.69, 9.17) is 20.9 Å². The highest BCUT2D eigenvalue weighted by Crippen LogP contribution is 2.16. The molecular weight excluding hydrogens is 206 g/mol. The summed E-state index contributed by atoms with van der Waals surface area (Å²) in [5.41, 5.74) is 2.10. The molecule has 0 atom stereocenters. The second-order valence-corrected chi connectivity index (χ2v) is 4.10. The van der Waals surface area contributed by atoms with Crippen molar-refractivity contribution in [3.8, 4) is 0 Å². The molecule has 0 bridgehead atoms. The Balaban J connectivity index is 2.56. The summed E-state index contributed by atoms with van der Waals surface area (Å²) in [6.45, 7) is 5.47. The van der Waals surface area contributed by atoms with Gasteiger partial charge in [-0.3, -0.25) is 9.63 Å². The zero-order valence-electron chi connectivity index (χ0n) is 8.26. The van der Waals surface area contributed by atoms with Gasteiger partial charge in [0.2, 0.25) is 5.22 Å². The molecule has 78 valence electrons. The summed E-state index contributed by atoms with van der Waals surface area (Å²) < 4.78 is 4.77. The maximum Gasteiger partial charge on any atom is 0.279 e. The van der Waals surface area contributed by atoms with Gasteiger partial charge in [-0.2, -0.15) is 0 Å². The van der Waals surface area contributed by atoms with Crippen LogP contribution in [0, 0.1) is 0 Å². The third-order valence-corrected chi connectivity index (χ3v) is 1.61. The Hall–Kier alpha value is -1.00. The van der Waals surface area contributed by atoms with Crippen molar-refractivity contribution in [2.45, 2.75) is 26.4 Å². The van der Waals surface area contributed by atoms with Crippen molar-refractivity contribution in [2.24, 2.45) is 0 Å². The Labute approximate surface area is 87.1 Å². The van der Waals surface area contributed by atoms with E-state index >= 15 is 0 Å². The molecule has 0 aliphatic rings. The predicted octanol–water partition coefficient (Wildman–Crippen LogP) is 2.39. The molecule has 0 aliphatic carbocycles. The number of furan rings is 1. The lowest BCUT2D eigenvalue weighted by Gasteiger charge is -2.18. The Morgan fingerprint density at radius 2 is 2.21 bits per heavy atom. The van der Waals surface area contributed by atoms with Crippen LogP contribution in [-0.4, -0.2) is 11.5 Å². The molecule has 1 amide bonds. The van der Waals surface area contributed by atoms with E-state index < -0.39 is 11.5 Å². The first-order chi connectivity index (χ1) is 6.40. The van der Waals surface area contributed by atoms with E-state index in [0.717, 1.165) is 0 Å². The van der Waals surface area contributed by atoms with Crippen LogP contribution in [0.5, 0.6) is 0 Å². The van der Waals surface area contributed by atoms with Gasteiger partial charge in [-0.1, -0.05) is 0 Å². The second kappa shape index (κ2) is 4.02. The summed E-state index contributed by atoms with van der Waals surface area (Å²) in [5.74, 6) is -0.418. The number of halogens is 1. The van der Waals surface area contributed by atoms with Crippen molar-refractivity contribution < 1.29 is 14.0 Å². The highest BCUT2D eigenvalue weighted by atomic mass is 35.5. The van der Waals surface area contributed by atoms with Crippen molar-refractivity contribution >= 4 is 17.5 Å². The van der Waals surface area contributed by atoms with Crippen molar-refractivity contribution in [1.29, 1.82) is 0 Å². The minimum absolute atomic E-state index is 0.0556. The number of amides is 1. The fourth-order valence-corrected chi connectivity index (χ4v) is 0.910. The summed E-state index contributed by atoms with van der Waals surface area (Å²) in [5, 5.41) is 0.0556. The van der Waals surface area contributed by atoms with Crippen LogP contribution < -0.4 is 5.48 Å². The summed E-state index contributed by atoms with van der Waals surface area (Å²) in [7, 11) is 0. The first-order valence-electron chi connectivity index (χ1n) is 4.11. The monoisotopic (exact) mass is 217 g/mol. The molecule has 0 saturated carbocycles. The van der Waals surface area contributed by atoms with E-state index in [1.807, 2.05) is 20.8 Å². The van der Waals surface area contributed by atoms with Gasteiger partial charge in [-0.25, -0.2) is 5.48 Å². The second-order valence-electron chi connectivity index (χ2n) is 3.75. The smallest absolute Gasteiger partial charge is 0.279 e. The van der Waals surface area contributed by atoms with Gasteiger partial charge in [0.05, 0.1) is 17.4 Å². The molecule has 0 saturated heterocycles. The van der Waals surface area contributed by atoms with Gasteiger partial charge in [0, 0.05) is 0 Å². The molecule has 1 heterocycles. The third-order valence-electron chi connectivity index (χ3n) is 1.31. The topological polar surface area (TPSA) is 51.5 Å². The molecule has 1 aromatic heterocycles. The first-order valence-corrected chi connectivity index (χ1v) is 4.49. The molecule has 0 radical (unpaired) electrons. The van der Waals surface area contributed by atoms with Gasteiger partial charge in [0.25, 0.3) is 5.91 Å². The molecule has 0 aliphatic heterocycles. The number of hydrogen-bond acceptors (Lipinski definition) is 3. The molecule has 4 nitrogen and oxygen atoms in total. The van der Waals surface area contributed by atoms with Crippen molar-refractivity contribution in [1.82, 2.24) is 5.48 Å². The summed E-state index contributed by atoms with van der Waals surface area (Å²) >= 11 is 5.60. The molecule has 14 heavy (non-hydrogen) atoms. The predicted molar refractivity (Wildman–Crippen MR) is 52.0 cm³/mol. The van der Waals surface area contributed by atoms with Crippen molar-refractivity contribution in [3.05, 3.63) is 23.1 Å².